The van der Waals surface area contributed by atoms with Crippen molar-refractivity contribution in [2.75, 3.05) is 53.4 Å². The van der Waals surface area contributed by atoms with Gasteiger partial charge in [0.05, 0.1) is 45.7 Å². The second-order valence-corrected chi connectivity index (χ2v) is 3.70. The van der Waals surface area contributed by atoms with E-state index in [1.54, 1.807) is 7.11 Å². The van der Waals surface area contributed by atoms with Crippen LogP contribution in [0, 0.1) is 0 Å². The fraction of sp³-hybridized carbons (Fsp3) is 0.917. The van der Waals surface area contributed by atoms with Gasteiger partial charge in [0.15, 0.2) is 0 Å². The van der Waals surface area contributed by atoms with Gasteiger partial charge in [-0.1, -0.05) is 6.92 Å². The minimum Gasteiger partial charge on any atom is -0.450 e. The minimum absolute atomic E-state index is 0.0476. The largest absolute Gasteiger partial charge is 0.505 e. The lowest BCUT2D eigenvalue weighted by Crippen LogP contribution is -2.23. The molecule has 0 saturated heterocycles. The van der Waals surface area contributed by atoms with Crippen LogP contribution in [-0.4, -0.2) is 70.7 Å². The molecular formula is C12H24O7. The number of carboxylic acid groups (broad SMARTS) is 1. The summed E-state index contributed by atoms with van der Waals surface area (Å²) in [6.07, 6.45) is -0.822. The average Bonchev–Trinajstić information content (AvgIpc) is 2.40. The molecule has 19 heavy (non-hydrogen) atoms. The van der Waals surface area contributed by atoms with Crippen molar-refractivity contribution in [2.45, 2.75) is 19.4 Å². The molecule has 0 aromatic heterocycles. The smallest absolute Gasteiger partial charge is 0.450 e. The van der Waals surface area contributed by atoms with E-state index < -0.39 is 6.16 Å². The highest BCUT2D eigenvalue weighted by molar-refractivity contribution is 5.56. The third-order valence-corrected chi connectivity index (χ3v) is 2.23. The molecule has 0 spiro atoms. The monoisotopic (exact) mass is 280 g/mol. The molecule has 7 heteroatoms. The quantitative estimate of drug-likeness (QED) is 0.400. The van der Waals surface area contributed by atoms with Crippen molar-refractivity contribution < 1.29 is 33.6 Å². The van der Waals surface area contributed by atoms with Gasteiger partial charge in [0, 0.05) is 7.11 Å². The third-order valence-electron chi connectivity index (χ3n) is 2.23. The topological polar surface area (TPSA) is 83.5 Å². The van der Waals surface area contributed by atoms with E-state index in [1.165, 1.54) is 0 Å². The van der Waals surface area contributed by atoms with Crippen molar-refractivity contribution in [3.8, 4) is 0 Å². The van der Waals surface area contributed by atoms with Crippen LogP contribution in [-0.2, 0) is 23.7 Å². The molecule has 0 rings (SSSR count). The number of hydrogen-bond donors (Lipinski definition) is 1. The molecule has 7 nitrogen and oxygen atoms in total. The van der Waals surface area contributed by atoms with Gasteiger partial charge in [0.25, 0.3) is 0 Å². The Kier molecular flexibility index (Phi) is 12.9. The zero-order valence-corrected chi connectivity index (χ0v) is 11.6. The Morgan fingerprint density at radius 3 is 2.16 bits per heavy atom. The molecule has 0 aromatic rings. The first-order valence-corrected chi connectivity index (χ1v) is 6.32. The van der Waals surface area contributed by atoms with Crippen LogP contribution in [0.3, 0.4) is 0 Å². The zero-order valence-electron chi connectivity index (χ0n) is 11.6. The lowest BCUT2D eigenvalue weighted by molar-refractivity contribution is -0.0395. The van der Waals surface area contributed by atoms with Gasteiger partial charge in [-0.15, -0.1) is 0 Å². The number of rotatable bonds is 13. The van der Waals surface area contributed by atoms with Gasteiger partial charge in [-0.05, 0) is 6.42 Å². The average molecular weight is 280 g/mol. The first kappa shape index (κ1) is 18.1. The molecule has 0 radical (unpaired) electrons. The molecule has 1 atom stereocenters. The summed E-state index contributed by atoms with van der Waals surface area (Å²) >= 11 is 0. The number of methoxy groups -OCH3 is 1. The molecule has 0 aromatic carbocycles. The van der Waals surface area contributed by atoms with Crippen LogP contribution in [0.15, 0.2) is 0 Å². The lowest BCUT2D eigenvalue weighted by Gasteiger charge is -2.15. The van der Waals surface area contributed by atoms with Crippen molar-refractivity contribution in [1.29, 1.82) is 0 Å². The molecule has 0 saturated carbocycles. The van der Waals surface area contributed by atoms with E-state index in [4.69, 9.17) is 24.1 Å². The van der Waals surface area contributed by atoms with Gasteiger partial charge < -0.3 is 28.8 Å². The molecule has 0 amide bonds. The molecule has 0 aliphatic carbocycles. The summed E-state index contributed by atoms with van der Waals surface area (Å²) in [7, 11) is 1.62. The predicted octanol–water partition coefficient (Wildman–Crippen LogP) is 1.16. The predicted molar refractivity (Wildman–Crippen MR) is 67.5 cm³/mol. The van der Waals surface area contributed by atoms with Gasteiger partial charge in [0.1, 0.15) is 6.61 Å². The summed E-state index contributed by atoms with van der Waals surface area (Å²) in [5.41, 5.74) is 0. The standard InChI is InChI=1S/C12H24O7/c1-3-11(10-19-12(13)14)18-9-8-17-7-6-16-5-4-15-2/h11H,3-10H2,1-2H3,(H,13,14). The summed E-state index contributed by atoms with van der Waals surface area (Å²) in [6, 6.07) is 0. The zero-order chi connectivity index (χ0) is 14.3. The van der Waals surface area contributed by atoms with Crippen LogP contribution in [0.5, 0.6) is 0 Å². The Balaban J connectivity index is 3.28. The Labute approximate surface area is 113 Å². The van der Waals surface area contributed by atoms with Crippen LogP contribution >= 0.6 is 0 Å². The van der Waals surface area contributed by atoms with Crippen molar-refractivity contribution in [1.82, 2.24) is 0 Å². The minimum atomic E-state index is -1.29. The summed E-state index contributed by atoms with van der Waals surface area (Å²) < 4.78 is 25.2. The maximum Gasteiger partial charge on any atom is 0.505 e. The molecule has 1 unspecified atom stereocenters. The van der Waals surface area contributed by atoms with Crippen molar-refractivity contribution in [3.63, 3.8) is 0 Å². The normalized spacial score (nSPS) is 12.3. The number of hydrogen-bond acceptors (Lipinski definition) is 6. The Bertz CT molecular complexity index is 210. The summed E-state index contributed by atoms with van der Waals surface area (Å²) in [4.78, 5) is 10.2. The highest BCUT2D eigenvalue weighted by Crippen LogP contribution is 1.99. The number of ether oxygens (including phenoxy) is 5. The van der Waals surface area contributed by atoms with Crippen LogP contribution in [0.2, 0.25) is 0 Å². The lowest BCUT2D eigenvalue weighted by atomic mass is 10.3. The Hall–Kier alpha value is -0.890. The second-order valence-electron chi connectivity index (χ2n) is 3.70. The van der Waals surface area contributed by atoms with Gasteiger partial charge in [-0.3, -0.25) is 0 Å². The van der Waals surface area contributed by atoms with Crippen molar-refractivity contribution in [2.24, 2.45) is 0 Å². The van der Waals surface area contributed by atoms with E-state index in [-0.39, 0.29) is 12.7 Å². The molecule has 114 valence electrons. The van der Waals surface area contributed by atoms with Gasteiger partial charge >= 0.3 is 6.16 Å². The summed E-state index contributed by atoms with van der Waals surface area (Å²) in [6.45, 7) is 4.94. The van der Waals surface area contributed by atoms with E-state index in [2.05, 4.69) is 4.74 Å². The van der Waals surface area contributed by atoms with Crippen molar-refractivity contribution in [3.05, 3.63) is 0 Å². The fourth-order valence-electron chi connectivity index (χ4n) is 1.19. The van der Waals surface area contributed by atoms with Crippen molar-refractivity contribution >= 4 is 6.16 Å². The van der Waals surface area contributed by atoms with E-state index in [9.17, 15) is 4.79 Å². The molecule has 0 fully saturated rings. The fourth-order valence-corrected chi connectivity index (χ4v) is 1.19. The summed E-state index contributed by atoms with van der Waals surface area (Å²) in [5, 5.41) is 8.36. The molecular weight excluding hydrogens is 256 g/mol. The second kappa shape index (κ2) is 13.5. The maximum absolute atomic E-state index is 10.2. The van der Waals surface area contributed by atoms with Gasteiger partial charge in [-0.25, -0.2) is 4.79 Å². The molecule has 0 bridgehead atoms. The van der Waals surface area contributed by atoms with E-state index >= 15 is 0 Å². The Morgan fingerprint density at radius 2 is 1.63 bits per heavy atom. The molecule has 0 heterocycles. The van der Waals surface area contributed by atoms with E-state index in [0.29, 0.717) is 46.1 Å². The maximum atomic E-state index is 10.2. The van der Waals surface area contributed by atoms with Gasteiger partial charge in [0.2, 0.25) is 0 Å². The van der Waals surface area contributed by atoms with Gasteiger partial charge in [-0.2, -0.15) is 0 Å². The third kappa shape index (κ3) is 13.3. The molecule has 0 aliphatic rings. The SMILES string of the molecule is CCC(COC(=O)O)OCCOCCOCCOC. The highest BCUT2D eigenvalue weighted by atomic mass is 16.7. The molecule has 1 N–H and O–H groups in total. The van der Waals surface area contributed by atoms with Crippen LogP contribution in [0.1, 0.15) is 13.3 Å². The van der Waals surface area contributed by atoms with E-state index in [0.717, 1.165) is 0 Å². The highest BCUT2D eigenvalue weighted by Gasteiger charge is 2.09. The summed E-state index contributed by atoms with van der Waals surface area (Å²) in [5.74, 6) is 0. The van der Waals surface area contributed by atoms with E-state index in [1.807, 2.05) is 6.92 Å². The Morgan fingerprint density at radius 1 is 1.05 bits per heavy atom. The molecule has 0 aliphatic heterocycles. The first-order valence-electron chi connectivity index (χ1n) is 6.32. The van der Waals surface area contributed by atoms with Crippen LogP contribution in [0.25, 0.3) is 0 Å². The van der Waals surface area contributed by atoms with Crippen LogP contribution < -0.4 is 0 Å². The number of carbonyl (C=O) groups is 1. The van der Waals surface area contributed by atoms with Crippen LogP contribution in [0.4, 0.5) is 4.79 Å². The first-order chi connectivity index (χ1) is 9.20.